The molecule has 0 amide bonds. The van der Waals surface area contributed by atoms with Crippen LogP contribution in [-0.2, 0) is 11.2 Å². The number of hydrogen-bond acceptors (Lipinski definition) is 4. The quantitative estimate of drug-likeness (QED) is 0.584. The van der Waals surface area contributed by atoms with E-state index >= 15 is 0 Å². The summed E-state index contributed by atoms with van der Waals surface area (Å²) in [5.41, 5.74) is 3.18. The summed E-state index contributed by atoms with van der Waals surface area (Å²) in [5, 5.41) is 3.46. The second-order valence-electron chi connectivity index (χ2n) is 6.73. The van der Waals surface area contributed by atoms with Crippen LogP contribution in [0.4, 0.5) is 10.7 Å². The summed E-state index contributed by atoms with van der Waals surface area (Å²) in [4.78, 5) is 7.44. The molecular weight excluding hydrogens is 356 g/mol. The number of morpholine rings is 1. The zero-order valence-electron chi connectivity index (χ0n) is 15.6. The topological polar surface area (TPSA) is 26.1 Å². The summed E-state index contributed by atoms with van der Waals surface area (Å²) in [6.07, 6.45) is 0.775. The Hall–Kier alpha value is -2.55. The molecule has 0 saturated carbocycles. The third-order valence-corrected chi connectivity index (χ3v) is 6.26. The monoisotopic (exact) mass is 378 g/mol. The first kappa shape index (κ1) is 17.8. The molecular formula is C22H22N2O2S. The van der Waals surface area contributed by atoms with E-state index in [-0.39, 0.29) is 0 Å². The van der Waals surface area contributed by atoms with Gasteiger partial charge in [0.25, 0.3) is 0 Å². The largest absolute Gasteiger partial charge is 0.497 e. The van der Waals surface area contributed by atoms with Gasteiger partial charge in [-0.15, -0.1) is 11.3 Å². The van der Waals surface area contributed by atoms with Crippen LogP contribution in [0.5, 0.6) is 5.75 Å². The molecule has 0 radical (unpaired) electrons. The first-order valence-corrected chi connectivity index (χ1v) is 9.90. The molecule has 1 fully saturated rings. The fourth-order valence-corrected chi connectivity index (χ4v) is 4.73. The lowest BCUT2D eigenvalue weighted by atomic mass is 10.0. The van der Waals surface area contributed by atoms with E-state index in [2.05, 4.69) is 47.0 Å². The molecule has 1 aliphatic rings. The fraction of sp³-hybridized carbons (Fsp3) is 0.318. The molecule has 4 rings (SSSR count). The Labute approximate surface area is 163 Å². The van der Waals surface area contributed by atoms with Gasteiger partial charge in [0, 0.05) is 13.1 Å². The Morgan fingerprint density at radius 2 is 1.93 bits per heavy atom. The smallest absolute Gasteiger partial charge is 0.224 e. The van der Waals surface area contributed by atoms with Gasteiger partial charge >= 0.3 is 0 Å². The SMILES string of the molecule is [C-]#[N+]c1c(N2CCOCC2)sc(C)c1Cc1ccc2ccc(OC)cc2c1. The van der Waals surface area contributed by atoms with E-state index in [0.29, 0.717) is 0 Å². The zero-order valence-corrected chi connectivity index (χ0v) is 16.4. The molecule has 0 unspecified atom stereocenters. The minimum Gasteiger partial charge on any atom is -0.497 e. The maximum Gasteiger partial charge on any atom is 0.224 e. The van der Waals surface area contributed by atoms with Crippen molar-refractivity contribution in [2.24, 2.45) is 0 Å². The van der Waals surface area contributed by atoms with Crippen molar-refractivity contribution in [2.45, 2.75) is 13.3 Å². The lowest BCUT2D eigenvalue weighted by Gasteiger charge is -2.28. The molecule has 0 spiro atoms. The second kappa shape index (κ2) is 7.59. The van der Waals surface area contributed by atoms with Crippen molar-refractivity contribution in [1.29, 1.82) is 0 Å². The molecule has 4 nitrogen and oxygen atoms in total. The molecule has 0 atom stereocenters. The Balaban J connectivity index is 1.68. The van der Waals surface area contributed by atoms with Crippen molar-refractivity contribution in [3.05, 3.63) is 63.8 Å². The molecule has 3 aromatic rings. The number of nitrogens with zero attached hydrogens (tertiary/aromatic N) is 2. The van der Waals surface area contributed by atoms with Crippen molar-refractivity contribution in [2.75, 3.05) is 38.3 Å². The number of rotatable bonds is 4. The number of thiophene rings is 1. The maximum atomic E-state index is 7.76. The van der Waals surface area contributed by atoms with E-state index in [0.717, 1.165) is 60.1 Å². The van der Waals surface area contributed by atoms with E-state index in [1.807, 2.05) is 6.07 Å². The van der Waals surface area contributed by atoms with Crippen molar-refractivity contribution < 1.29 is 9.47 Å². The molecule has 1 saturated heterocycles. The summed E-state index contributed by atoms with van der Waals surface area (Å²) in [5.74, 6) is 0.864. The van der Waals surface area contributed by atoms with Crippen LogP contribution in [0, 0.1) is 13.5 Å². The number of anilines is 1. The van der Waals surface area contributed by atoms with Gasteiger partial charge in [0.15, 0.2) is 0 Å². The average molecular weight is 378 g/mol. The molecule has 1 aromatic heterocycles. The van der Waals surface area contributed by atoms with Gasteiger partial charge in [0.1, 0.15) is 5.75 Å². The van der Waals surface area contributed by atoms with Gasteiger partial charge in [-0.25, -0.2) is 4.85 Å². The zero-order chi connectivity index (χ0) is 18.8. The molecule has 0 bridgehead atoms. The second-order valence-corrected chi connectivity index (χ2v) is 7.93. The van der Waals surface area contributed by atoms with E-state index in [4.69, 9.17) is 16.0 Å². The van der Waals surface area contributed by atoms with E-state index < -0.39 is 0 Å². The highest BCUT2D eigenvalue weighted by molar-refractivity contribution is 7.17. The van der Waals surface area contributed by atoms with E-state index in [1.165, 1.54) is 15.8 Å². The van der Waals surface area contributed by atoms with Gasteiger partial charge in [0.05, 0.1) is 31.9 Å². The Bertz CT molecular complexity index is 1010. The van der Waals surface area contributed by atoms with Gasteiger partial charge < -0.3 is 14.4 Å². The molecule has 0 aliphatic carbocycles. The first-order chi connectivity index (χ1) is 13.2. The summed E-state index contributed by atoms with van der Waals surface area (Å²) in [6.45, 7) is 13.1. The molecule has 0 N–H and O–H groups in total. The highest BCUT2D eigenvalue weighted by atomic mass is 32.1. The number of aryl methyl sites for hydroxylation is 1. The van der Waals surface area contributed by atoms with E-state index in [9.17, 15) is 0 Å². The minimum atomic E-state index is 0.732. The Morgan fingerprint density at radius 1 is 1.15 bits per heavy atom. The number of ether oxygens (including phenoxy) is 2. The van der Waals surface area contributed by atoms with Crippen LogP contribution in [0.25, 0.3) is 15.6 Å². The van der Waals surface area contributed by atoms with Gasteiger partial charge in [-0.1, -0.05) is 24.3 Å². The standard InChI is InChI=1S/C22H22N2O2S/c1-15-20(21(23-2)22(27-15)24-8-10-26-11-9-24)13-16-4-5-17-6-7-19(25-3)14-18(17)12-16/h4-7,12,14H,8-11,13H2,1,3H3. The fourth-order valence-electron chi connectivity index (χ4n) is 3.57. The third kappa shape index (κ3) is 3.51. The van der Waals surface area contributed by atoms with Gasteiger partial charge in [-0.3, -0.25) is 0 Å². The highest BCUT2D eigenvalue weighted by Gasteiger charge is 2.22. The summed E-state index contributed by atoms with van der Waals surface area (Å²) in [6, 6.07) is 12.6. The van der Waals surface area contributed by atoms with Crippen LogP contribution in [-0.4, -0.2) is 33.4 Å². The maximum absolute atomic E-state index is 7.76. The number of benzene rings is 2. The lowest BCUT2D eigenvalue weighted by molar-refractivity contribution is 0.123. The van der Waals surface area contributed by atoms with Crippen LogP contribution in [0.3, 0.4) is 0 Å². The first-order valence-electron chi connectivity index (χ1n) is 9.08. The van der Waals surface area contributed by atoms with E-state index in [1.54, 1.807) is 18.4 Å². The molecule has 27 heavy (non-hydrogen) atoms. The van der Waals surface area contributed by atoms with Crippen LogP contribution < -0.4 is 9.64 Å². The van der Waals surface area contributed by atoms with Crippen molar-refractivity contribution in [3.63, 3.8) is 0 Å². The number of methoxy groups -OCH3 is 1. The average Bonchev–Trinajstić information content (AvgIpc) is 3.03. The normalized spacial score (nSPS) is 14.3. The highest BCUT2D eigenvalue weighted by Crippen LogP contribution is 2.44. The van der Waals surface area contributed by atoms with Crippen molar-refractivity contribution in [3.8, 4) is 5.75 Å². The summed E-state index contributed by atoms with van der Waals surface area (Å²) in [7, 11) is 1.69. The third-order valence-electron chi connectivity index (χ3n) is 5.07. The predicted molar refractivity (Wildman–Crippen MR) is 112 cm³/mol. The minimum absolute atomic E-state index is 0.732. The van der Waals surface area contributed by atoms with Crippen LogP contribution in [0.2, 0.25) is 0 Å². The molecule has 1 aliphatic heterocycles. The predicted octanol–water partition coefficient (Wildman–Crippen LogP) is 5.20. The number of fused-ring (bicyclic) bond motifs is 1. The van der Waals surface area contributed by atoms with Crippen molar-refractivity contribution >= 4 is 32.8 Å². The van der Waals surface area contributed by atoms with Crippen LogP contribution in [0.1, 0.15) is 16.0 Å². The number of hydrogen-bond donors (Lipinski definition) is 0. The van der Waals surface area contributed by atoms with Crippen LogP contribution in [0.15, 0.2) is 36.4 Å². The van der Waals surface area contributed by atoms with Crippen LogP contribution >= 0.6 is 11.3 Å². The van der Waals surface area contributed by atoms with Gasteiger partial charge in [-0.2, -0.15) is 0 Å². The molecule has 2 heterocycles. The Morgan fingerprint density at radius 3 is 2.67 bits per heavy atom. The van der Waals surface area contributed by atoms with Gasteiger partial charge in [0.2, 0.25) is 5.69 Å². The summed E-state index contributed by atoms with van der Waals surface area (Å²) < 4.78 is 10.8. The Kier molecular flexibility index (Phi) is 5.02. The summed E-state index contributed by atoms with van der Waals surface area (Å²) >= 11 is 1.74. The van der Waals surface area contributed by atoms with Gasteiger partial charge in [-0.05, 0) is 52.3 Å². The molecule has 5 heteroatoms. The lowest BCUT2D eigenvalue weighted by Crippen LogP contribution is -2.35. The molecule has 138 valence electrons. The van der Waals surface area contributed by atoms with Crippen molar-refractivity contribution in [1.82, 2.24) is 0 Å². The molecule has 2 aromatic carbocycles.